The van der Waals surface area contributed by atoms with E-state index in [2.05, 4.69) is 5.32 Å². The van der Waals surface area contributed by atoms with Gasteiger partial charge in [-0.3, -0.25) is 4.79 Å². The van der Waals surface area contributed by atoms with Crippen LogP contribution in [0, 0.1) is 6.92 Å². The predicted octanol–water partition coefficient (Wildman–Crippen LogP) is 4.97. The highest BCUT2D eigenvalue weighted by molar-refractivity contribution is 6.43. The molecule has 6 heteroatoms. The molecular weight excluding hydrogens is 333 g/mol. The first-order valence-electron chi connectivity index (χ1n) is 6.10. The fraction of sp³-hybridized carbons (Fsp3) is 0.133. The summed E-state index contributed by atoms with van der Waals surface area (Å²) in [6.07, 6.45) is 0. The number of aryl methyl sites for hydroxylation is 1. The van der Waals surface area contributed by atoms with Crippen LogP contribution in [0.2, 0.25) is 15.1 Å². The highest BCUT2D eigenvalue weighted by atomic mass is 35.5. The molecule has 0 aliphatic rings. The van der Waals surface area contributed by atoms with E-state index in [0.29, 0.717) is 20.8 Å². The van der Waals surface area contributed by atoms with Crippen LogP contribution in [0.4, 0.5) is 5.69 Å². The number of amides is 1. The summed E-state index contributed by atoms with van der Waals surface area (Å²) in [7, 11) is 0. The maximum Gasteiger partial charge on any atom is 0.262 e. The molecule has 0 saturated carbocycles. The normalized spacial score (nSPS) is 10.3. The number of hydrogen-bond acceptors (Lipinski definition) is 2. The molecule has 2 aromatic carbocycles. The van der Waals surface area contributed by atoms with Gasteiger partial charge < -0.3 is 10.1 Å². The van der Waals surface area contributed by atoms with Crippen molar-refractivity contribution in [1.82, 2.24) is 0 Å². The van der Waals surface area contributed by atoms with Crippen molar-refractivity contribution >= 4 is 46.4 Å². The summed E-state index contributed by atoms with van der Waals surface area (Å²) in [4.78, 5) is 11.9. The molecule has 0 radical (unpaired) electrons. The first kappa shape index (κ1) is 16.0. The minimum atomic E-state index is -0.286. The Balaban J connectivity index is 1.99. The Kier molecular flexibility index (Phi) is 5.34. The van der Waals surface area contributed by atoms with Gasteiger partial charge in [0.15, 0.2) is 6.61 Å². The van der Waals surface area contributed by atoms with E-state index >= 15 is 0 Å². The fourth-order valence-electron chi connectivity index (χ4n) is 1.66. The second-order valence-electron chi connectivity index (χ2n) is 4.35. The number of nitrogens with one attached hydrogen (secondary N) is 1. The lowest BCUT2D eigenvalue weighted by molar-refractivity contribution is -0.118. The Bertz CT molecular complexity index is 674. The molecule has 0 atom stereocenters. The van der Waals surface area contributed by atoms with Crippen LogP contribution in [0.3, 0.4) is 0 Å². The maximum atomic E-state index is 11.9. The SMILES string of the molecule is Cc1ccccc1NC(=O)COc1cc(Cl)c(Cl)cc1Cl. The summed E-state index contributed by atoms with van der Waals surface area (Å²) in [5.41, 5.74) is 1.71. The molecule has 1 N–H and O–H groups in total. The quantitative estimate of drug-likeness (QED) is 0.795. The molecule has 0 heterocycles. The van der Waals surface area contributed by atoms with E-state index in [1.54, 1.807) is 0 Å². The van der Waals surface area contributed by atoms with Gasteiger partial charge in [0.1, 0.15) is 5.75 Å². The molecule has 0 aliphatic carbocycles. The van der Waals surface area contributed by atoms with Crippen molar-refractivity contribution in [1.29, 1.82) is 0 Å². The minimum Gasteiger partial charge on any atom is -0.482 e. The molecule has 3 nitrogen and oxygen atoms in total. The van der Waals surface area contributed by atoms with Gasteiger partial charge in [-0.25, -0.2) is 0 Å². The zero-order chi connectivity index (χ0) is 15.4. The van der Waals surface area contributed by atoms with Gasteiger partial charge in [0, 0.05) is 11.8 Å². The third-order valence-corrected chi connectivity index (χ3v) is 3.77. The Labute approximate surface area is 137 Å². The molecule has 0 bridgehead atoms. The Hall–Kier alpha value is -1.42. The summed E-state index contributed by atoms with van der Waals surface area (Å²) < 4.78 is 5.36. The zero-order valence-electron chi connectivity index (χ0n) is 11.1. The van der Waals surface area contributed by atoms with Crippen LogP contribution in [-0.2, 0) is 4.79 Å². The highest BCUT2D eigenvalue weighted by Crippen LogP contribution is 2.33. The number of carbonyl (C=O) groups excluding carboxylic acids is 1. The molecular formula is C15H12Cl3NO2. The first-order valence-corrected chi connectivity index (χ1v) is 7.23. The molecule has 0 spiro atoms. The number of anilines is 1. The smallest absolute Gasteiger partial charge is 0.262 e. The summed E-state index contributed by atoms with van der Waals surface area (Å²) in [6.45, 7) is 1.73. The standard InChI is InChI=1S/C15H12Cl3NO2/c1-9-4-2-3-5-13(9)19-15(20)8-21-14-7-11(17)10(16)6-12(14)18/h2-7H,8H2,1H3,(H,19,20). The summed E-state index contributed by atoms with van der Waals surface area (Å²) in [5, 5.41) is 3.71. The van der Waals surface area contributed by atoms with Gasteiger partial charge in [0.2, 0.25) is 0 Å². The number of halogens is 3. The van der Waals surface area contributed by atoms with Gasteiger partial charge in [0.05, 0.1) is 15.1 Å². The third-order valence-electron chi connectivity index (χ3n) is 2.75. The lowest BCUT2D eigenvalue weighted by atomic mass is 10.2. The van der Waals surface area contributed by atoms with E-state index in [-0.39, 0.29) is 12.5 Å². The molecule has 0 unspecified atom stereocenters. The monoisotopic (exact) mass is 343 g/mol. The number of benzene rings is 2. The number of carbonyl (C=O) groups is 1. The van der Waals surface area contributed by atoms with Crippen molar-refractivity contribution in [2.75, 3.05) is 11.9 Å². The van der Waals surface area contributed by atoms with E-state index in [9.17, 15) is 4.79 Å². The Morgan fingerprint density at radius 3 is 2.48 bits per heavy atom. The summed E-state index contributed by atoms with van der Waals surface area (Å²) in [6, 6.07) is 10.4. The van der Waals surface area contributed by atoms with Crippen LogP contribution >= 0.6 is 34.8 Å². The minimum absolute atomic E-state index is 0.175. The van der Waals surface area contributed by atoms with Gasteiger partial charge in [-0.05, 0) is 24.6 Å². The average molecular weight is 345 g/mol. The molecule has 0 aliphatic heterocycles. The lowest BCUT2D eigenvalue weighted by Gasteiger charge is -2.11. The predicted molar refractivity (Wildman–Crippen MR) is 86.8 cm³/mol. The van der Waals surface area contributed by atoms with E-state index in [1.165, 1.54) is 12.1 Å². The van der Waals surface area contributed by atoms with Crippen LogP contribution in [0.15, 0.2) is 36.4 Å². The lowest BCUT2D eigenvalue weighted by Crippen LogP contribution is -2.20. The largest absolute Gasteiger partial charge is 0.482 e. The van der Waals surface area contributed by atoms with Crippen molar-refractivity contribution in [3.05, 3.63) is 57.0 Å². The number of hydrogen-bond donors (Lipinski definition) is 1. The first-order chi connectivity index (χ1) is 9.97. The molecule has 1 amide bonds. The van der Waals surface area contributed by atoms with E-state index in [0.717, 1.165) is 11.3 Å². The van der Waals surface area contributed by atoms with Gasteiger partial charge in [0.25, 0.3) is 5.91 Å². The van der Waals surface area contributed by atoms with Gasteiger partial charge in [-0.15, -0.1) is 0 Å². The van der Waals surface area contributed by atoms with Crippen LogP contribution in [0.1, 0.15) is 5.56 Å². The number of para-hydroxylation sites is 1. The van der Waals surface area contributed by atoms with Crippen LogP contribution in [-0.4, -0.2) is 12.5 Å². The van der Waals surface area contributed by atoms with Crippen molar-refractivity contribution in [2.24, 2.45) is 0 Å². The van der Waals surface area contributed by atoms with Crippen LogP contribution in [0.25, 0.3) is 0 Å². The van der Waals surface area contributed by atoms with E-state index < -0.39 is 0 Å². The molecule has 2 aromatic rings. The zero-order valence-corrected chi connectivity index (χ0v) is 13.4. The van der Waals surface area contributed by atoms with Crippen LogP contribution < -0.4 is 10.1 Å². The van der Waals surface area contributed by atoms with Gasteiger partial charge in [-0.1, -0.05) is 53.0 Å². The Morgan fingerprint density at radius 1 is 1.10 bits per heavy atom. The highest BCUT2D eigenvalue weighted by Gasteiger charge is 2.10. The summed E-state index contributed by atoms with van der Waals surface area (Å²) in [5.74, 6) is 0.0254. The topological polar surface area (TPSA) is 38.3 Å². The Morgan fingerprint density at radius 2 is 1.76 bits per heavy atom. The maximum absolute atomic E-state index is 11.9. The molecule has 2 rings (SSSR count). The number of ether oxygens (including phenoxy) is 1. The van der Waals surface area contributed by atoms with Gasteiger partial charge in [-0.2, -0.15) is 0 Å². The van der Waals surface area contributed by atoms with Gasteiger partial charge >= 0.3 is 0 Å². The third kappa shape index (κ3) is 4.27. The molecule has 110 valence electrons. The van der Waals surface area contributed by atoms with Crippen LogP contribution in [0.5, 0.6) is 5.75 Å². The molecule has 0 aromatic heterocycles. The molecule has 0 fully saturated rings. The van der Waals surface area contributed by atoms with Crippen molar-refractivity contribution in [3.8, 4) is 5.75 Å². The second kappa shape index (κ2) is 7.03. The van der Waals surface area contributed by atoms with Crippen molar-refractivity contribution in [2.45, 2.75) is 6.92 Å². The molecule has 0 saturated heterocycles. The fourth-order valence-corrected chi connectivity index (χ4v) is 2.25. The van der Waals surface area contributed by atoms with E-state index in [1.807, 2.05) is 31.2 Å². The van der Waals surface area contributed by atoms with Crippen molar-refractivity contribution in [3.63, 3.8) is 0 Å². The van der Waals surface area contributed by atoms with E-state index in [4.69, 9.17) is 39.5 Å². The average Bonchev–Trinajstić information content (AvgIpc) is 2.44. The number of rotatable bonds is 4. The molecule has 21 heavy (non-hydrogen) atoms. The second-order valence-corrected chi connectivity index (χ2v) is 5.57. The van der Waals surface area contributed by atoms with Crippen molar-refractivity contribution < 1.29 is 9.53 Å². The summed E-state index contributed by atoms with van der Waals surface area (Å²) >= 11 is 17.7.